The Bertz CT molecular complexity index is 783. The van der Waals surface area contributed by atoms with Crippen molar-refractivity contribution in [2.24, 2.45) is 40.4 Å². The molecule has 0 unspecified atom stereocenters. The number of ether oxygens (including phenoxy) is 3. The van der Waals surface area contributed by atoms with Gasteiger partial charge in [-0.15, -0.1) is 0 Å². The Kier molecular flexibility index (Phi) is 4.76. The third kappa shape index (κ3) is 2.11. The number of aliphatic hydroxyl groups excluding tert-OH is 3. The largest absolute Gasteiger partial charge is 0.392 e. The Labute approximate surface area is 189 Å². The quantitative estimate of drug-likeness (QED) is 0.440. The summed E-state index contributed by atoms with van der Waals surface area (Å²) in [5.74, 6) is -0.847. The molecule has 0 aromatic carbocycles. The zero-order valence-electron chi connectivity index (χ0n) is 19.6. The fraction of sp³-hybridized carbons (Fsp3) is 1.00. The van der Waals surface area contributed by atoms with Gasteiger partial charge >= 0.3 is 0 Å². The molecule has 4 N–H and O–H groups in total. The van der Waals surface area contributed by atoms with Gasteiger partial charge in [0, 0.05) is 81.3 Å². The lowest BCUT2D eigenvalue weighted by atomic mass is 9.42. The highest BCUT2D eigenvalue weighted by atomic mass is 16.5. The standard InChI is InChI=1S/C24H39NO7/c1-5-25-9-22(10-30-2)14(26)7-15(27)24-12-6-11-13(31-3)8-23(29,16(12)18(11)28)17(21(24)25)19(32-4)20(22)24/h11-21,26-29H,5-10H2,1-4H3/t11-,12-,13-,14+,15-,16-,17-,18-,19-,20+,21+,22-,23+,24-/m0/s1. The lowest BCUT2D eigenvalue weighted by Gasteiger charge is -2.69. The second-order valence-corrected chi connectivity index (χ2v) is 11.6. The van der Waals surface area contributed by atoms with Gasteiger partial charge in [-0.2, -0.15) is 0 Å². The van der Waals surface area contributed by atoms with Crippen LogP contribution >= 0.6 is 0 Å². The molecule has 0 aromatic rings. The zero-order chi connectivity index (χ0) is 22.8. The van der Waals surface area contributed by atoms with Crippen LogP contribution in [0, 0.1) is 40.4 Å². The molecule has 14 atom stereocenters. The highest BCUT2D eigenvalue weighted by molar-refractivity contribution is 5.36. The van der Waals surface area contributed by atoms with Crippen molar-refractivity contribution < 1.29 is 34.6 Å². The van der Waals surface area contributed by atoms with Crippen molar-refractivity contribution in [3.63, 3.8) is 0 Å². The summed E-state index contributed by atoms with van der Waals surface area (Å²) < 4.78 is 17.8. The maximum Gasteiger partial charge on any atom is 0.0796 e. The van der Waals surface area contributed by atoms with E-state index >= 15 is 0 Å². The maximum atomic E-state index is 12.5. The lowest BCUT2D eigenvalue weighted by molar-refractivity contribution is -0.291. The molecule has 182 valence electrons. The van der Waals surface area contributed by atoms with Gasteiger partial charge in [-0.1, -0.05) is 6.92 Å². The van der Waals surface area contributed by atoms with Crippen LogP contribution in [0.3, 0.4) is 0 Å². The average molecular weight is 454 g/mol. The van der Waals surface area contributed by atoms with Gasteiger partial charge in [-0.3, -0.25) is 4.90 Å². The molecule has 1 heterocycles. The number of rotatable bonds is 5. The number of likely N-dealkylation sites (tertiary alicyclic amines) is 1. The number of fused-ring (bicyclic) bond motifs is 2. The maximum absolute atomic E-state index is 12.5. The van der Waals surface area contributed by atoms with Crippen molar-refractivity contribution in [1.82, 2.24) is 4.90 Å². The first-order valence-corrected chi connectivity index (χ1v) is 12.3. The van der Waals surface area contributed by atoms with E-state index in [-0.39, 0.29) is 47.8 Å². The summed E-state index contributed by atoms with van der Waals surface area (Å²) in [6.07, 6.45) is -1.17. The molecule has 32 heavy (non-hydrogen) atoms. The van der Waals surface area contributed by atoms with Crippen LogP contribution in [0.1, 0.15) is 26.2 Å². The van der Waals surface area contributed by atoms with Gasteiger partial charge in [-0.25, -0.2) is 0 Å². The number of piperidine rings is 1. The summed E-state index contributed by atoms with van der Waals surface area (Å²) in [5, 5.41) is 47.2. The van der Waals surface area contributed by atoms with Gasteiger partial charge in [0.2, 0.25) is 0 Å². The molecule has 8 nitrogen and oxygen atoms in total. The van der Waals surface area contributed by atoms with Crippen LogP contribution in [-0.2, 0) is 14.2 Å². The Morgan fingerprint density at radius 2 is 1.75 bits per heavy atom. The van der Waals surface area contributed by atoms with E-state index in [4.69, 9.17) is 14.2 Å². The summed E-state index contributed by atoms with van der Waals surface area (Å²) in [5.41, 5.74) is -2.30. The highest BCUT2D eigenvalue weighted by Crippen LogP contribution is 2.79. The molecular weight excluding hydrogens is 414 g/mol. The molecule has 6 rings (SSSR count). The molecule has 8 heteroatoms. The van der Waals surface area contributed by atoms with Gasteiger partial charge < -0.3 is 34.6 Å². The Balaban J connectivity index is 1.64. The molecule has 7 bridgehead atoms. The lowest BCUT2D eigenvalue weighted by Crippen LogP contribution is -2.78. The average Bonchev–Trinajstić information content (AvgIpc) is 3.17. The predicted octanol–water partition coefficient (Wildman–Crippen LogP) is -0.527. The first kappa shape index (κ1) is 22.2. The zero-order valence-corrected chi connectivity index (χ0v) is 19.6. The molecule has 1 saturated heterocycles. The molecule has 5 saturated carbocycles. The van der Waals surface area contributed by atoms with Crippen molar-refractivity contribution in [2.75, 3.05) is 41.0 Å². The highest BCUT2D eigenvalue weighted by Gasteiger charge is 2.87. The van der Waals surface area contributed by atoms with Crippen molar-refractivity contribution in [3.05, 3.63) is 0 Å². The third-order valence-electron chi connectivity index (χ3n) is 11.2. The monoisotopic (exact) mass is 453 g/mol. The van der Waals surface area contributed by atoms with Crippen LogP contribution in [0.15, 0.2) is 0 Å². The van der Waals surface area contributed by atoms with E-state index in [9.17, 15) is 20.4 Å². The molecule has 0 radical (unpaired) electrons. The van der Waals surface area contributed by atoms with E-state index < -0.39 is 34.7 Å². The van der Waals surface area contributed by atoms with E-state index in [0.29, 0.717) is 26.0 Å². The van der Waals surface area contributed by atoms with E-state index in [1.807, 2.05) is 0 Å². The molecule has 1 spiro atoms. The number of hydrogen-bond donors (Lipinski definition) is 4. The Morgan fingerprint density at radius 3 is 2.38 bits per heavy atom. The van der Waals surface area contributed by atoms with Crippen molar-refractivity contribution in [3.8, 4) is 0 Å². The van der Waals surface area contributed by atoms with Crippen LogP contribution in [0.25, 0.3) is 0 Å². The van der Waals surface area contributed by atoms with Gasteiger partial charge in [0.05, 0.1) is 42.7 Å². The van der Waals surface area contributed by atoms with Gasteiger partial charge in [0.15, 0.2) is 0 Å². The predicted molar refractivity (Wildman–Crippen MR) is 114 cm³/mol. The van der Waals surface area contributed by atoms with E-state index in [0.717, 1.165) is 13.0 Å². The normalized spacial score (nSPS) is 62.4. The molecular formula is C24H39NO7. The van der Waals surface area contributed by atoms with Crippen molar-refractivity contribution >= 4 is 0 Å². The number of hydrogen-bond acceptors (Lipinski definition) is 8. The van der Waals surface area contributed by atoms with Crippen molar-refractivity contribution in [2.45, 2.75) is 68.3 Å². The minimum Gasteiger partial charge on any atom is -0.392 e. The van der Waals surface area contributed by atoms with Crippen LogP contribution in [0.2, 0.25) is 0 Å². The van der Waals surface area contributed by atoms with Crippen LogP contribution < -0.4 is 0 Å². The van der Waals surface area contributed by atoms with Gasteiger partial charge in [0.25, 0.3) is 0 Å². The summed E-state index contributed by atoms with van der Waals surface area (Å²) >= 11 is 0. The smallest absolute Gasteiger partial charge is 0.0796 e. The number of methoxy groups -OCH3 is 3. The fourth-order valence-corrected chi connectivity index (χ4v) is 10.7. The minimum atomic E-state index is -1.15. The summed E-state index contributed by atoms with van der Waals surface area (Å²) in [4.78, 5) is 2.37. The molecule has 6 fully saturated rings. The first-order valence-electron chi connectivity index (χ1n) is 12.3. The Morgan fingerprint density at radius 1 is 1.00 bits per heavy atom. The summed E-state index contributed by atoms with van der Waals surface area (Å²) in [6.45, 7) is 3.91. The molecule has 1 aliphatic heterocycles. The van der Waals surface area contributed by atoms with Crippen LogP contribution in [0.4, 0.5) is 0 Å². The fourth-order valence-electron chi connectivity index (χ4n) is 10.7. The second kappa shape index (κ2) is 6.88. The molecule has 6 aliphatic rings. The Hall–Kier alpha value is -0.320. The van der Waals surface area contributed by atoms with Gasteiger partial charge in [0.1, 0.15) is 0 Å². The topological polar surface area (TPSA) is 112 Å². The minimum absolute atomic E-state index is 0.0447. The van der Waals surface area contributed by atoms with Crippen LogP contribution in [0.5, 0.6) is 0 Å². The van der Waals surface area contributed by atoms with E-state index in [1.165, 1.54) is 0 Å². The molecule has 0 amide bonds. The summed E-state index contributed by atoms with van der Waals surface area (Å²) in [6, 6.07) is -0.0669. The summed E-state index contributed by atoms with van der Waals surface area (Å²) in [7, 11) is 5.03. The first-order chi connectivity index (χ1) is 15.3. The number of aliphatic hydroxyl groups is 4. The van der Waals surface area contributed by atoms with E-state index in [1.54, 1.807) is 21.3 Å². The SMILES string of the molecule is CCN1C[C@]2(COC)[C@H](O)C[C@H](O)[C@@]34[C@@H]2[C@@H](OC)[C@@H]([C@@H]13)[C@@]1(O)C[C@H](OC)[C@@H]2C[C@H]4[C@H]1[C@H]2O. The second-order valence-electron chi connectivity index (χ2n) is 11.6. The van der Waals surface area contributed by atoms with Gasteiger partial charge in [-0.05, 0) is 18.9 Å². The van der Waals surface area contributed by atoms with E-state index in [2.05, 4.69) is 11.8 Å². The molecule has 0 aromatic heterocycles. The molecule has 5 aliphatic carbocycles. The number of nitrogens with zero attached hydrogens (tertiary/aromatic N) is 1. The third-order valence-corrected chi connectivity index (χ3v) is 11.2. The van der Waals surface area contributed by atoms with Crippen molar-refractivity contribution in [1.29, 1.82) is 0 Å². The van der Waals surface area contributed by atoms with Crippen LogP contribution in [-0.4, -0.2) is 109 Å².